The Kier molecular flexibility index (Phi) is 2.55. The molecule has 0 aliphatic heterocycles. The van der Waals surface area contributed by atoms with Crippen molar-refractivity contribution in [3.8, 4) is 5.75 Å². The van der Waals surface area contributed by atoms with Crippen molar-refractivity contribution in [1.82, 2.24) is 9.78 Å². The predicted octanol–water partition coefficient (Wildman–Crippen LogP) is 0.150. The van der Waals surface area contributed by atoms with E-state index in [-0.39, 0.29) is 12.2 Å². The number of esters is 1. The molecule has 13 heavy (non-hydrogen) atoms. The van der Waals surface area contributed by atoms with E-state index in [4.69, 9.17) is 0 Å². The zero-order valence-corrected chi connectivity index (χ0v) is 7.87. The molecule has 1 aromatic rings. The fraction of sp³-hybridized carbons (Fsp3) is 0.500. The fourth-order valence-corrected chi connectivity index (χ4v) is 1.10. The van der Waals surface area contributed by atoms with Crippen LogP contribution in [0.3, 0.4) is 0 Å². The number of hydrogen-bond acceptors (Lipinski definition) is 4. The summed E-state index contributed by atoms with van der Waals surface area (Å²) in [4.78, 5) is 10.9. The van der Waals surface area contributed by atoms with Gasteiger partial charge < -0.3 is 9.84 Å². The van der Waals surface area contributed by atoms with Crippen molar-refractivity contribution >= 4 is 5.97 Å². The molecule has 0 bridgehead atoms. The van der Waals surface area contributed by atoms with Gasteiger partial charge in [-0.15, -0.1) is 0 Å². The molecule has 0 aliphatic rings. The van der Waals surface area contributed by atoms with Crippen molar-refractivity contribution in [3.05, 3.63) is 11.4 Å². The highest BCUT2D eigenvalue weighted by Gasteiger charge is 2.15. The van der Waals surface area contributed by atoms with Gasteiger partial charge in [0.1, 0.15) is 5.69 Å². The summed E-state index contributed by atoms with van der Waals surface area (Å²) in [6, 6.07) is 0. The van der Waals surface area contributed by atoms with E-state index in [0.29, 0.717) is 11.4 Å². The Morgan fingerprint density at radius 3 is 2.69 bits per heavy atom. The Hall–Kier alpha value is -1.52. The molecule has 1 N–H and O–H groups in total. The summed E-state index contributed by atoms with van der Waals surface area (Å²) in [6.45, 7) is 1.68. The van der Waals surface area contributed by atoms with Crippen LogP contribution in [0.25, 0.3) is 0 Å². The van der Waals surface area contributed by atoms with Gasteiger partial charge in [0.25, 0.3) is 0 Å². The van der Waals surface area contributed by atoms with Crippen LogP contribution in [-0.4, -0.2) is 28.0 Å². The molecule has 0 aromatic carbocycles. The lowest BCUT2D eigenvalue weighted by atomic mass is 10.2. The van der Waals surface area contributed by atoms with Gasteiger partial charge in [-0.1, -0.05) is 0 Å². The quantitative estimate of drug-likeness (QED) is 0.664. The Bertz CT molecular complexity index is 330. The van der Waals surface area contributed by atoms with Gasteiger partial charge in [-0.3, -0.25) is 9.48 Å². The van der Waals surface area contributed by atoms with Gasteiger partial charge in [-0.25, -0.2) is 0 Å². The highest BCUT2D eigenvalue weighted by molar-refractivity contribution is 5.72. The average molecular weight is 184 g/mol. The molecule has 0 amide bonds. The molecule has 1 heterocycles. The van der Waals surface area contributed by atoms with Crippen molar-refractivity contribution in [1.29, 1.82) is 0 Å². The molecule has 0 fully saturated rings. The first-order chi connectivity index (χ1) is 6.06. The van der Waals surface area contributed by atoms with Crippen LogP contribution in [0.1, 0.15) is 11.4 Å². The summed E-state index contributed by atoms with van der Waals surface area (Å²) in [5.41, 5.74) is 0.991. The first-order valence-electron chi connectivity index (χ1n) is 3.84. The molecule has 0 aliphatic carbocycles. The van der Waals surface area contributed by atoms with E-state index in [1.165, 1.54) is 11.8 Å². The summed E-state index contributed by atoms with van der Waals surface area (Å²) < 4.78 is 5.96. The monoisotopic (exact) mass is 184 g/mol. The highest BCUT2D eigenvalue weighted by Crippen LogP contribution is 2.20. The summed E-state index contributed by atoms with van der Waals surface area (Å²) in [7, 11) is 2.98. The van der Waals surface area contributed by atoms with Gasteiger partial charge in [0.05, 0.1) is 19.2 Å². The summed E-state index contributed by atoms with van der Waals surface area (Å²) in [5, 5.41) is 13.4. The lowest BCUT2D eigenvalue weighted by Crippen LogP contribution is -2.08. The van der Waals surface area contributed by atoms with E-state index in [1.807, 2.05) is 0 Å². The third-order valence-corrected chi connectivity index (χ3v) is 1.85. The molecule has 0 saturated heterocycles. The standard InChI is InChI=1S/C8H12N2O3/c1-5-8(12)6(10(2)9-5)4-7(11)13-3/h12H,4H2,1-3H3. The van der Waals surface area contributed by atoms with E-state index >= 15 is 0 Å². The Balaban J connectivity index is 2.94. The van der Waals surface area contributed by atoms with Crippen LogP contribution in [0.5, 0.6) is 5.75 Å². The summed E-state index contributed by atoms with van der Waals surface area (Å²) in [6.07, 6.45) is 0.0413. The van der Waals surface area contributed by atoms with Crippen LogP contribution in [0.15, 0.2) is 0 Å². The Morgan fingerprint density at radius 1 is 1.69 bits per heavy atom. The topological polar surface area (TPSA) is 64.3 Å². The number of ether oxygens (including phenoxy) is 1. The number of rotatable bonds is 2. The van der Waals surface area contributed by atoms with Crippen molar-refractivity contribution in [2.45, 2.75) is 13.3 Å². The van der Waals surface area contributed by atoms with Crippen molar-refractivity contribution in [3.63, 3.8) is 0 Å². The number of hydrogen-bond donors (Lipinski definition) is 1. The maximum atomic E-state index is 10.9. The first kappa shape index (κ1) is 9.57. The molecule has 1 rings (SSSR count). The SMILES string of the molecule is COC(=O)Cc1c(O)c(C)nn1C. The molecular formula is C8H12N2O3. The van der Waals surface area contributed by atoms with Crippen molar-refractivity contribution in [2.24, 2.45) is 7.05 Å². The number of methoxy groups -OCH3 is 1. The van der Waals surface area contributed by atoms with Crippen LogP contribution in [0, 0.1) is 6.92 Å². The lowest BCUT2D eigenvalue weighted by Gasteiger charge is -2.00. The molecule has 0 saturated carbocycles. The minimum absolute atomic E-state index is 0.0413. The first-order valence-corrected chi connectivity index (χ1v) is 3.84. The average Bonchev–Trinajstić information content (AvgIpc) is 2.32. The number of nitrogens with zero attached hydrogens (tertiary/aromatic N) is 2. The Labute approximate surface area is 75.9 Å². The highest BCUT2D eigenvalue weighted by atomic mass is 16.5. The fourth-order valence-electron chi connectivity index (χ4n) is 1.10. The molecular weight excluding hydrogens is 172 g/mol. The van der Waals surface area contributed by atoms with Crippen molar-refractivity contribution in [2.75, 3.05) is 7.11 Å². The smallest absolute Gasteiger partial charge is 0.311 e. The van der Waals surface area contributed by atoms with Crippen LogP contribution < -0.4 is 0 Å². The van der Waals surface area contributed by atoms with Crippen molar-refractivity contribution < 1.29 is 14.6 Å². The molecule has 0 radical (unpaired) electrons. The van der Waals surface area contributed by atoms with Gasteiger partial charge in [0.15, 0.2) is 5.75 Å². The second-order valence-corrected chi connectivity index (χ2v) is 2.76. The van der Waals surface area contributed by atoms with E-state index in [0.717, 1.165) is 0 Å². The molecule has 0 unspecified atom stereocenters. The second kappa shape index (κ2) is 3.47. The van der Waals surface area contributed by atoms with E-state index in [1.54, 1.807) is 14.0 Å². The number of aromatic nitrogens is 2. The predicted molar refractivity (Wildman–Crippen MR) is 45.3 cm³/mol. The van der Waals surface area contributed by atoms with Gasteiger partial charge in [-0.05, 0) is 6.92 Å². The second-order valence-electron chi connectivity index (χ2n) is 2.76. The Morgan fingerprint density at radius 2 is 2.31 bits per heavy atom. The normalized spacial score (nSPS) is 10.1. The molecule has 5 nitrogen and oxygen atoms in total. The largest absolute Gasteiger partial charge is 0.504 e. The van der Waals surface area contributed by atoms with E-state index < -0.39 is 5.97 Å². The van der Waals surface area contributed by atoms with Gasteiger partial charge in [0, 0.05) is 7.05 Å². The lowest BCUT2D eigenvalue weighted by molar-refractivity contribution is -0.139. The van der Waals surface area contributed by atoms with Gasteiger partial charge in [-0.2, -0.15) is 5.10 Å². The number of aryl methyl sites for hydroxylation is 2. The number of carbonyl (C=O) groups is 1. The van der Waals surface area contributed by atoms with Gasteiger partial charge in [0.2, 0.25) is 0 Å². The molecule has 5 heteroatoms. The minimum Gasteiger partial charge on any atom is -0.504 e. The van der Waals surface area contributed by atoms with Crippen LogP contribution in [0.4, 0.5) is 0 Å². The van der Waals surface area contributed by atoms with Crippen LogP contribution in [-0.2, 0) is 23.0 Å². The third kappa shape index (κ3) is 1.80. The zero-order valence-electron chi connectivity index (χ0n) is 7.87. The molecule has 72 valence electrons. The van der Waals surface area contributed by atoms with Crippen LogP contribution in [0.2, 0.25) is 0 Å². The molecule has 0 atom stereocenters. The van der Waals surface area contributed by atoms with Gasteiger partial charge >= 0.3 is 5.97 Å². The number of aromatic hydroxyl groups is 1. The third-order valence-electron chi connectivity index (χ3n) is 1.85. The van der Waals surface area contributed by atoms with E-state index in [9.17, 15) is 9.90 Å². The van der Waals surface area contributed by atoms with Crippen LogP contribution >= 0.6 is 0 Å². The maximum Gasteiger partial charge on any atom is 0.311 e. The zero-order chi connectivity index (χ0) is 10.0. The maximum absolute atomic E-state index is 10.9. The van der Waals surface area contributed by atoms with E-state index in [2.05, 4.69) is 9.84 Å². The summed E-state index contributed by atoms with van der Waals surface area (Å²) in [5.74, 6) is -0.328. The molecule has 1 aromatic heterocycles. The minimum atomic E-state index is -0.390. The molecule has 0 spiro atoms. The number of carbonyl (C=O) groups excluding carboxylic acids is 1. The summed E-state index contributed by atoms with van der Waals surface area (Å²) >= 11 is 0.